The SMILES string of the molecule is Nc1ccn([C@@]2(C(c3ccccc3)(c3ccccc3)c3ccccc3)C[C@H](O)[C@@H](CO)O2)c(=O)n1. The third-order valence-electron chi connectivity index (χ3n) is 6.86. The molecular formula is C28H27N3O4. The molecular weight excluding hydrogens is 442 g/mol. The standard InChI is InChI=1S/C28H27N3O4/c29-25-16-17-31(26(34)30-25)27(18-23(33)24(19-32)35-27)28(20-10-4-1-5-11-20,21-12-6-2-7-13-21)22-14-8-3-9-15-22/h1-17,23-24,32-33H,18-19H2,(H2,29,30,34)/t23-,24+,27-/m0/s1. The van der Waals surface area contributed by atoms with Crippen molar-refractivity contribution in [3.63, 3.8) is 0 Å². The summed E-state index contributed by atoms with van der Waals surface area (Å²) >= 11 is 0. The van der Waals surface area contributed by atoms with Crippen LogP contribution < -0.4 is 11.4 Å². The van der Waals surface area contributed by atoms with Crippen molar-refractivity contribution in [1.82, 2.24) is 9.55 Å². The average molecular weight is 470 g/mol. The summed E-state index contributed by atoms with van der Waals surface area (Å²) in [5.41, 5.74) is 5.20. The Morgan fingerprint density at radius 2 is 1.40 bits per heavy atom. The van der Waals surface area contributed by atoms with Crippen molar-refractivity contribution in [2.75, 3.05) is 12.3 Å². The minimum absolute atomic E-state index is 0.0302. The summed E-state index contributed by atoms with van der Waals surface area (Å²) in [6.45, 7) is -0.408. The molecule has 0 unspecified atom stereocenters. The summed E-state index contributed by atoms with van der Waals surface area (Å²) in [4.78, 5) is 17.4. The molecule has 1 fully saturated rings. The van der Waals surface area contributed by atoms with Crippen LogP contribution in [0.3, 0.4) is 0 Å². The molecule has 0 bridgehead atoms. The van der Waals surface area contributed by atoms with E-state index in [-0.39, 0.29) is 12.2 Å². The van der Waals surface area contributed by atoms with Crippen LogP contribution in [0.2, 0.25) is 0 Å². The summed E-state index contributed by atoms with van der Waals surface area (Å²) < 4.78 is 8.04. The van der Waals surface area contributed by atoms with Gasteiger partial charge in [-0.2, -0.15) is 4.98 Å². The number of rotatable bonds is 6. The number of nitrogens with zero attached hydrogens (tertiary/aromatic N) is 2. The summed E-state index contributed by atoms with van der Waals surface area (Å²) in [5.74, 6) is 0.0865. The van der Waals surface area contributed by atoms with Gasteiger partial charge in [-0.15, -0.1) is 0 Å². The van der Waals surface area contributed by atoms with E-state index in [2.05, 4.69) is 4.98 Å². The van der Waals surface area contributed by atoms with Gasteiger partial charge in [-0.05, 0) is 22.8 Å². The summed E-state index contributed by atoms with van der Waals surface area (Å²) in [7, 11) is 0. The van der Waals surface area contributed by atoms with E-state index in [1.807, 2.05) is 91.0 Å². The van der Waals surface area contributed by atoms with E-state index in [4.69, 9.17) is 10.5 Å². The van der Waals surface area contributed by atoms with Crippen molar-refractivity contribution < 1.29 is 14.9 Å². The van der Waals surface area contributed by atoms with Crippen molar-refractivity contribution in [1.29, 1.82) is 0 Å². The Labute approximate surface area is 203 Å². The number of aliphatic hydroxyl groups excluding tert-OH is 2. The number of hydrogen-bond donors (Lipinski definition) is 3. The van der Waals surface area contributed by atoms with E-state index in [1.165, 1.54) is 10.6 Å². The Kier molecular flexibility index (Phi) is 5.98. The first-order chi connectivity index (χ1) is 17.0. The van der Waals surface area contributed by atoms with Gasteiger partial charge in [-0.1, -0.05) is 91.0 Å². The van der Waals surface area contributed by atoms with Gasteiger partial charge in [-0.25, -0.2) is 4.79 Å². The molecule has 7 heteroatoms. The molecule has 3 atom stereocenters. The smallest absolute Gasteiger partial charge is 0.351 e. The van der Waals surface area contributed by atoms with Crippen LogP contribution >= 0.6 is 0 Å². The van der Waals surface area contributed by atoms with Crippen molar-refractivity contribution in [2.24, 2.45) is 0 Å². The minimum atomic E-state index is -1.48. The van der Waals surface area contributed by atoms with Crippen molar-refractivity contribution >= 4 is 5.82 Å². The van der Waals surface area contributed by atoms with Gasteiger partial charge in [0.25, 0.3) is 0 Å². The molecule has 2 heterocycles. The van der Waals surface area contributed by atoms with Crippen LogP contribution in [0.5, 0.6) is 0 Å². The van der Waals surface area contributed by atoms with Crippen LogP contribution in [-0.4, -0.2) is 38.6 Å². The molecule has 5 rings (SSSR count). The molecule has 1 saturated heterocycles. The zero-order valence-corrected chi connectivity index (χ0v) is 19.1. The molecule has 1 aromatic heterocycles. The zero-order valence-electron chi connectivity index (χ0n) is 19.1. The Hall–Kier alpha value is -3.78. The Morgan fingerprint density at radius 1 is 0.914 bits per heavy atom. The maximum atomic E-state index is 13.4. The number of anilines is 1. The molecule has 35 heavy (non-hydrogen) atoms. The summed E-state index contributed by atoms with van der Waals surface area (Å²) in [6.07, 6.45) is -0.349. The monoisotopic (exact) mass is 469 g/mol. The van der Waals surface area contributed by atoms with Crippen molar-refractivity contribution in [3.8, 4) is 0 Å². The molecule has 0 saturated carbocycles. The fourth-order valence-electron chi connectivity index (χ4n) is 5.46. The fourth-order valence-corrected chi connectivity index (χ4v) is 5.46. The fraction of sp³-hybridized carbons (Fsp3) is 0.214. The molecule has 3 aromatic carbocycles. The third-order valence-corrected chi connectivity index (χ3v) is 6.86. The number of hydrogen-bond acceptors (Lipinski definition) is 6. The highest BCUT2D eigenvalue weighted by molar-refractivity contribution is 5.54. The van der Waals surface area contributed by atoms with Crippen LogP contribution in [0.4, 0.5) is 5.82 Å². The maximum absolute atomic E-state index is 13.4. The lowest BCUT2D eigenvalue weighted by molar-refractivity contribution is -0.147. The molecule has 4 aromatic rings. The van der Waals surface area contributed by atoms with Crippen molar-refractivity contribution in [3.05, 3.63) is 130 Å². The van der Waals surface area contributed by atoms with Crippen LogP contribution in [0.1, 0.15) is 23.1 Å². The van der Waals surface area contributed by atoms with Gasteiger partial charge in [0.15, 0.2) is 5.72 Å². The number of benzene rings is 3. The van der Waals surface area contributed by atoms with E-state index < -0.39 is 35.6 Å². The first-order valence-corrected chi connectivity index (χ1v) is 11.5. The normalized spacial score (nSPS) is 22.2. The second-order valence-corrected chi connectivity index (χ2v) is 8.75. The van der Waals surface area contributed by atoms with Gasteiger partial charge >= 0.3 is 5.69 Å². The van der Waals surface area contributed by atoms with Gasteiger partial charge in [0.05, 0.1) is 18.1 Å². The lowest BCUT2D eigenvalue weighted by atomic mass is 9.61. The van der Waals surface area contributed by atoms with Crippen molar-refractivity contribution in [2.45, 2.75) is 29.8 Å². The highest BCUT2D eigenvalue weighted by atomic mass is 16.6. The highest BCUT2D eigenvalue weighted by Crippen LogP contribution is 2.56. The predicted octanol–water partition coefficient (Wildman–Crippen LogP) is 2.66. The van der Waals surface area contributed by atoms with Crippen LogP contribution in [0.15, 0.2) is 108 Å². The zero-order chi connectivity index (χ0) is 24.5. The second-order valence-electron chi connectivity index (χ2n) is 8.75. The van der Waals surface area contributed by atoms with Gasteiger partial charge in [0.2, 0.25) is 0 Å². The average Bonchev–Trinajstić information content (AvgIpc) is 3.23. The largest absolute Gasteiger partial charge is 0.394 e. The first-order valence-electron chi connectivity index (χ1n) is 11.5. The number of nitrogen functional groups attached to an aromatic ring is 1. The third kappa shape index (κ3) is 3.56. The van der Waals surface area contributed by atoms with E-state index in [1.54, 1.807) is 6.20 Å². The maximum Gasteiger partial charge on any atom is 0.351 e. The van der Waals surface area contributed by atoms with Gasteiger partial charge in [0.1, 0.15) is 11.9 Å². The molecule has 178 valence electrons. The molecule has 0 spiro atoms. The molecule has 0 aliphatic carbocycles. The quantitative estimate of drug-likeness (QED) is 0.375. The Bertz CT molecular complexity index is 1250. The second kappa shape index (κ2) is 9.11. The van der Waals surface area contributed by atoms with Gasteiger partial charge in [0, 0.05) is 12.6 Å². The summed E-state index contributed by atoms with van der Waals surface area (Å²) in [6, 6.07) is 30.8. The lowest BCUT2D eigenvalue weighted by Crippen LogP contribution is -2.58. The van der Waals surface area contributed by atoms with Crippen LogP contribution in [-0.2, 0) is 15.9 Å². The number of aromatic nitrogens is 2. The molecule has 7 nitrogen and oxygen atoms in total. The molecule has 0 radical (unpaired) electrons. The first kappa shape index (κ1) is 23.0. The van der Waals surface area contributed by atoms with E-state index in [9.17, 15) is 15.0 Å². The molecule has 1 aliphatic heterocycles. The lowest BCUT2D eigenvalue weighted by Gasteiger charge is -2.50. The Balaban J connectivity index is 1.98. The molecule has 1 aliphatic rings. The number of nitrogens with two attached hydrogens (primary N) is 1. The number of ether oxygens (including phenoxy) is 1. The van der Waals surface area contributed by atoms with Crippen LogP contribution in [0, 0.1) is 0 Å². The van der Waals surface area contributed by atoms with E-state index >= 15 is 0 Å². The van der Waals surface area contributed by atoms with Gasteiger partial charge in [-0.3, -0.25) is 4.57 Å². The minimum Gasteiger partial charge on any atom is -0.394 e. The molecule has 0 amide bonds. The van der Waals surface area contributed by atoms with Crippen LogP contribution in [0.25, 0.3) is 0 Å². The number of aliphatic hydroxyl groups is 2. The topological polar surface area (TPSA) is 111 Å². The van der Waals surface area contributed by atoms with E-state index in [0.717, 1.165) is 16.7 Å². The van der Waals surface area contributed by atoms with E-state index in [0.29, 0.717) is 0 Å². The highest BCUT2D eigenvalue weighted by Gasteiger charge is 2.63. The Morgan fingerprint density at radius 3 is 1.80 bits per heavy atom. The van der Waals surface area contributed by atoms with Gasteiger partial charge < -0.3 is 20.7 Å². The summed E-state index contributed by atoms with van der Waals surface area (Å²) in [5, 5.41) is 21.2. The molecule has 4 N–H and O–H groups in total. The predicted molar refractivity (Wildman–Crippen MR) is 133 cm³/mol.